The topological polar surface area (TPSA) is 69.6 Å². The molecule has 1 unspecified atom stereocenters. The molecule has 1 aliphatic carbocycles. The number of amides is 2. The average molecular weight is 296 g/mol. The minimum atomic E-state index is -0.798. The molecule has 1 heterocycles. The summed E-state index contributed by atoms with van der Waals surface area (Å²) in [5.41, 5.74) is 0.113. The molecule has 5 nitrogen and oxygen atoms in total. The van der Waals surface area contributed by atoms with E-state index in [1.165, 1.54) is 32.1 Å². The van der Waals surface area contributed by atoms with Gasteiger partial charge in [-0.2, -0.15) is 0 Å². The molecule has 0 spiro atoms. The Kier molecular flexibility index (Phi) is 5.12. The van der Waals surface area contributed by atoms with Gasteiger partial charge in [0.25, 0.3) is 0 Å². The maximum atomic E-state index is 12.2. The van der Waals surface area contributed by atoms with Crippen molar-refractivity contribution in [1.29, 1.82) is 0 Å². The molecule has 1 saturated carbocycles. The summed E-state index contributed by atoms with van der Waals surface area (Å²) in [5.74, 6) is -0.521. The van der Waals surface area contributed by atoms with Crippen LogP contribution in [0, 0.1) is 17.3 Å². The Morgan fingerprint density at radius 3 is 2.43 bits per heavy atom. The van der Waals surface area contributed by atoms with Crippen molar-refractivity contribution in [2.24, 2.45) is 17.3 Å². The number of hydrogen-bond acceptors (Lipinski definition) is 2. The lowest BCUT2D eigenvalue weighted by atomic mass is 9.71. The van der Waals surface area contributed by atoms with Gasteiger partial charge in [-0.25, -0.2) is 4.79 Å². The molecule has 2 N–H and O–H groups in total. The lowest BCUT2D eigenvalue weighted by Crippen LogP contribution is -2.45. The van der Waals surface area contributed by atoms with E-state index in [1.54, 1.807) is 4.90 Å². The van der Waals surface area contributed by atoms with E-state index in [1.807, 2.05) is 0 Å². The molecule has 1 saturated heterocycles. The molecule has 0 aromatic rings. The normalized spacial score (nSPS) is 24.1. The van der Waals surface area contributed by atoms with Gasteiger partial charge in [-0.1, -0.05) is 33.1 Å². The summed E-state index contributed by atoms with van der Waals surface area (Å²) in [4.78, 5) is 24.7. The van der Waals surface area contributed by atoms with Crippen molar-refractivity contribution >= 4 is 12.0 Å². The van der Waals surface area contributed by atoms with E-state index in [9.17, 15) is 9.59 Å². The van der Waals surface area contributed by atoms with Gasteiger partial charge < -0.3 is 15.3 Å². The van der Waals surface area contributed by atoms with Gasteiger partial charge >= 0.3 is 12.0 Å². The average Bonchev–Trinajstić information content (AvgIpc) is 2.96. The van der Waals surface area contributed by atoms with Crippen LogP contribution >= 0.6 is 0 Å². The molecule has 0 aromatic heterocycles. The maximum Gasteiger partial charge on any atom is 0.317 e. The van der Waals surface area contributed by atoms with E-state index in [2.05, 4.69) is 19.2 Å². The lowest BCUT2D eigenvalue weighted by Gasteiger charge is -2.37. The zero-order valence-electron chi connectivity index (χ0n) is 13.2. The number of hydrogen-bond donors (Lipinski definition) is 2. The third kappa shape index (κ3) is 4.11. The van der Waals surface area contributed by atoms with Gasteiger partial charge in [-0.05, 0) is 30.6 Å². The summed E-state index contributed by atoms with van der Waals surface area (Å²) in [6.45, 7) is 6.02. The molecule has 2 fully saturated rings. The number of carbonyl (C=O) groups excluding carboxylic acids is 1. The Morgan fingerprint density at radius 1 is 1.19 bits per heavy atom. The monoisotopic (exact) mass is 296 g/mol. The number of carbonyl (C=O) groups is 2. The highest BCUT2D eigenvalue weighted by Gasteiger charge is 2.34. The predicted octanol–water partition coefficient (Wildman–Crippen LogP) is 2.71. The summed E-state index contributed by atoms with van der Waals surface area (Å²) in [6.07, 6.45) is 7.02. The van der Waals surface area contributed by atoms with E-state index >= 15 is 0 Å². The van der Waals surface area contributed by atoms with Gasteiger partial charge in [0, 0.05) is 19.6 Å². The third-order valence-corrected chi connectivity index (χ3v) is 5.23. The van der Waals surface area contributed by atoms with Gasteiger partial charge in [0.15, 0.2) is 0 Å². The first-order valence-electron chi connectivity index (χ1n) is 8.16. The number of urea groups is 1. The second-order valence-electron chi connectivity index (χ2n) is 7.25. The summed E-state index contributed by atoms with van der Waals surface area (Å²) in [6, 6.07) is -0.109. The first-order chi connectivity index (χ1) is 9.90. The summed E-state index contributed by atoms with van der Waals surface area (Å²) in [5, 5.41) is 12.0. The molecule has 2 aliphatic rings. The van der Waals surface area contributed by atoms with Crippen LogP contribution in [0.15, 0.2) is 0 Å². The molecule has 0 radical (unpaired) electrons. The Morgan fingerprint density at radius 2 is 1.86 bits per heavy atom. The van der Waals surface area contributed by atoms with Crippen molar-refractivity contribution in [2.75, 3.05) is 19.6 Å². The quantitative estimate of drug-likeness (QED) is 0.838. The first kappa shape index (κ1) is 16.1. The highest BCUT2D eigenvalue weighted by molar-refractivity contribution is 5.77. The number of carboxylic acid groups (broad SMARTS) is 1. The Hall–Kier alpha value is -1.26. The van der Waals surface area contributed by atoms with Crippen molar-refractivity contribution in [3.05, 3.63) is 0 Å². The van der Waals surface area contributed by atoms with Gasteiger partial charge in [-0.15, -0.1) is 0 Å². The smallest absolute Gasteiger partial charge is 0.317 e. The van der Waals surface area contributed by atoms with Crippen LogP contribution in [0.1, 0.15) is 52.4 Å². The number of nitrogens with one attached hydrogen (secondary N) is 1. The second-order valence-corrected chi connectivity index (χ2v) is 7.25. The predicted molar refractivity (Wildman–Crippen MR) is 81.1 cm³/mol. The van der Waals surface area contributed by atoms with Crippen molar-refractivity contribution in [2.45, 2.75) is 52.4 Å². The first-order valence-corrected chi connectivity index (χ1v) is 8.16. The Bertz CT molecular complexity index is 389. The summed E-state index contributed by atoms with van der Waals surface area (Å²) in [7, 11) is 0. The van der Waals surface area contributed by atoms with Crippen LogP contribution in [0.25, 0.3) is 0 Å². The van der Waals surface area contributed by atoms with Crippen LogP contribution in [-0.2, 0) is 4.79 Å². The standard InChI is InChI=1S/C16H28N2O3/c1-16(2,13-6-4-3-5-7-13)11-17-15(21)18-9-8-12(10-18)14(19)20/h12-13H,3-11H2,1-2H3,(H,17,21)(H,19,20). The Balaban J connectivity index is 1.79. The van der Waals surface area contributed by atoms with Crippen molar-refractivity contribution in [1.82, 2.24) is 10.2 Å². The molecule has 21 heavy (non-hydrogen) atoms. The van der Waals surface area contributed by atoms with Crippen LogP contribution in [0.2, 0.25) is 0 Å². The molecular formula is C16H28N2O3. The molecular weight excluding hydrogens is 268 g/mol. The number of aliphatic carboxylic acids is 1. The van der Waals surface area contributed by atoms with Crippen LogP contribution < -0.4 is 5.32 Å². The zero-order chi connectivity index (χ0) is 15.5. The largest absolute Gasteiger partial charge is 0.481 e. The molecule has 120 valence electrons. The fraction of sp³-hybridized carbons (Fsp3) is 0.875. The number of carboxylic acids is 1. The summed E-state index contributed by atoms with van der Waals surface area (Å²) < 4.78 is 0. The van der Waals surface area contributed by atoms with E-state index < -0.39 is 11.9 Å². The van der Waals surface area contributed by atoms with Crippen LogP contribution in [-0.4, -0.2) is 41.6 Å². The van der Waals surface area contributed by atoms with Gasteiger partial charge in [-0.3, -0.25) is 4.79 Å². The molecule has 0 bridgehead atoms. The van der Waals surface area contributed by atoms with Gasteiger partial charge in [0.2, 0.25) is 0 Å². The zero-order valence-corrected chi connectivity index (χ0v) is 13.2. The fourth-order valence-electron chi connectivity index (χ4n) is 3.59. The maximum absolute atomic E-state index is 12.2. The number of likely N-dealkylation sites (tertiary alicyclic amines) is 1. The third-order valence-electron chi connectivity index (χ3n) is 5.23. The highest BCUT2D eigenvalue weighted by Crippen LogP contribution is 2.37. The molecule has 5 heteroatoms. The van der Waals surface area contributed by atoms with Crippen LogP contribution in [0.5, 0.6) is 0 Å². The molecule has 1 aliphatic heterocycles. The number of rotatable bonds is 4. The van der Waals surface area contributed by atoms with Crippen LogP contribution in [0.4, 0.5) is 4.79 Å². The molecule has 0 aromatic carbocycles. The minimum absolute atomic E-state index is 0.109. The molecule has 2 rings (SSSR count). The van der Waals surface area contributed by atoms with Gasteiger partial charge in [0.05, 0.1) is 5.92 Å². The minimum Gasteiger partial charge on any atom is -0.481 e. The molecule has 2 amide bonds. The second kappa shape index (κ2) is 6.67. The van der Waals surface area contributed by atoms with E-state index in [4.69, 9.17) is 5.11 Å². The Labute approximate surface area is 127 Å². The van der Waals surface area contributed by atoms with E-state index in [0.717, 1.165) is 0 Å². The van der Waals surface area contributed by atoms with Crippen LogP contribution in [0.3, 0.4) is 0 Å². The summed E-state index contributed by atoms with van der Waals surface area (Å²) >= 11 is 0. The fourth-order valence-corrected chi connectivity index (χ4v) is 3.59. The highest BCUT2D eigenvalue weighted by atomic mass is 16.4. The van der Waals surface area contributed by atoms with E-state index in [-0.39, 0.29) is 11.4 Å². The van der Waals surface area contributed by atoms with Crippen molar-refractivity contribution in [3.8, 4) is 0 Å². The lowest BCUT2D eigenvalue weighted by molar-refractivity contribution is -0.141. The van der Waals surface area contributed by atoms with Crippen molar-refractivity contribution in [3.63, 3.8) is 0 Å². The van der Waals surface area contributed by atoms with Crippen molar-refractivity contribution < 1.29 is 14.7 Å². The number of nitrogens with zero attached hydrogens (tertiary/aromatic N) is 1. The van der Waals surface area contributed by atoms with Gasteiger partial charge in [0.1, 0.15) is 0 Å². The molecule has 1 atom stereocenters. The van der Waals surface area contributed by atoms with E-state index in [0.29, 0.717) is 32.0 Å². The SMILES string of the molecule is CC(C)(CNC(=O)N1CCC(C(=O)O)C1)C1CCCCC1.